The van der Waals surface area contributed by atoms with Crippen LogP contribution in [0.2, 0.25) is 10.0 Å². The topological polar surface area (TPSA) is 121 Å². The number of rotatable bonds is 7. The normalized spacial score (nSPS) is 19.7. The molecule has 2 aromatic carbocycles. The molecule has 1 heterocycles. The van der Waals surface area contributed by atoms with E-state index in [9.17, 15) is 24.3 Å². The van der Waals surface area contributed by atoms with Gasteiger partial charge in [0.2, 0.25) is 0 Å². The van der Waals surface area contributed by atoms with Gasteiger partial charge in [0.15, 0.2) is 17.3 Å². The molecule has 0 aromatic heterocycles. The molecule has 3 aliphatic rings. The van der Waals surface area contributed by atoms with E-state index >= 15 is 0 Å². The fourth-order valence-electron chi connectivity index (χ4n) is 6.49. The number of hydrogen-bond donors (Lipinski definition) is 2. The van der Waals surface area contributed by atoms with Gasteiger partial charge < -0.3 is 19.8 Å². The molecular formula is C33H33Cl2NO7. The van der Waals surface area contributed by atoms with Crippen LogP contribution in [0.25, 0.3) is 0 Å². The van der Waals surface area contributed by atoms with Crippen LogP contribution >= 0.6 is 23.2 Å². The molecule has 0 saturated carbocycles. The molecule has 1 aliphatic heterocycles. The lowest BCUT2D eigenvalue weighted by Crippen LogP contribution is -2.45. The summed E-state index contributed by atoms with van der Waals surface area (Å²) in [7, 11) is 0. The van der Waals surface area contributed by atoms with E-state index in [2.05, 4.69) is 0 Å². The first-order valence-electron chi connectivity index (χ1n) is 14.0. The Bertz CT molecular complexity index is 1540. The van der Waals surface area contributed by atoms with Crippen molar-refractivity contribution in [2.24, 2.45) is 10.8 Å². The fourth-order valence-corrected chi connectivity index (χ4v) is 7.10. The van der Waals surface area contributed by atoms with E-state index < -0.39 is 17.9 Å². The zero-order chi connectivity index (χ0) is 31.4. The Kier molecular flexibility index (Phi) is 7.99. The number of carbonyl (C=O) groups excluding carboxylic acids is 2. The summed E-state index contributed by atoms with van der Waals surface area (Å²) >= 11 is 13.4. The van der Waals surface area contributed by atoms with Crippen LogP contribution in [0.1, 0.15) is 80.8 Å². The lowest BCUT2D eigenvalue weighted by Gasteiger charge is -2.48. The molecule has 0 bridgehead atoms. The van der Waals surface area contributed by atoms with Gasteiger partial charge in [0.05, 0.1) is 15.6 Å². The summed E-state index contributed by atoms with van der Waals surface area (Å²) in [6, 6.07) is 9.54. The first kappa shape index (κ1) is 30.8. The van der Waals surface area contributed by atoms with Gasteiger partial charge in [-0.1, -0.05) is 63.0 Å². The standard InChI is InChI=1S/C33H33Cl2NO7/c1-32(2)11-22-28(24(37)13-32)27(29-23(36(22)15-26(39)40)12-33(3,4)14-25(29)38)19-9-20(34)30(21(35)10-19)43-16-17-5-7-18(8-6-17)31(41)42/h5-10,27H,11-16H2,1-4H3,(H,39,40)(H,41,42). The summed E-state index contributed by atoms with van der Waals surface area (Å²) in [5.74, 6) is -2.86. The minimum Gasteiger partial charge on any atom is -0.486 e. The SMILES string of the molecule is CC1(C)CC(=O)C2=C(C1)N(CC(=O)O)C1=C(C(=O)CC(C)(C)C1)C2c1cc(Cl)c(OCc2ccc(C(=O)O)cc2)c(Cl)c1. The van der Waals surface area contributed by atoms with Crippen molar-refractivity contribution in [1.82, 2.24) is 4.90 Å². The Balaban J connectivity index is 1.60. The molecule has 0 spiro atoms. The number of ether oxygens (including phenoxy) is 1. The minimum atomic E-state index is -1.05. The van der Waals surface area contributed by atoms with Gasteiger partial charge in [-0.2, -0.15) is 0 Å². The van der Waals surface area contributed by atoms with Crippen molar-refractivity contribution >= 4 is 46.7 Å². The molecule has 10 heteroatoms. The molecule has 0 fully saturated rings. The highest BCUT2D eigenvalue weighted by Gasteiger charge is 2.49. The third-order valence-corrected chi connectivity index (χ3v) is 8.81. The largest absolute Gasteiger partial charge is 0.486 e. The number of halogens is 2. The number of allylic oxidation sites excluding steroid dienone is 4. The van der Waals surface area contributed by atoms with Crippen LogP contribution in [-0.4, -0.2) is 45.2 Å². The van der Waals surface area contributed by atoms with Crippen LogP contribution in [0.3, 0.4) is 0 Å². The zero-order valence-electron chi connectivity index (χ0n) is 24.4. The molecule has 0 atom stereocenters. The maximum Gasteiger partial charge on any atom is 0.335 e. The summed E-state index contributed by atoms with van der Waals surface area (Å²) < 4.78 is 5.92. The third-order valence-electron chi connectivity index (χ3n) is 8.25. The maximum atomic E-state index is 13.8. The lowest BCUT2D eigenvalue weighted by atomic mass is 9.63. The van der Waals surface area contributed by atoms with Gasteiger partial charge in [0.25, 0.3) is 0 Å². The number of nitrogens with zero attached hydrogens (tertiary/aromatic N) is 1. The van der Waals surface area contributed by atoms with E-state index in [1.807, 2.05) is 27.7 Å². The predicted molar refractivity (Wildman–Crippen MR) is 161 cm³/mol. The summed E-state index contributed by atoms with van der Waals surface area (Å²) in [4.78, 5) is 52.6. The number of aromatic carboxylic acids is 1. The number of carboxylic acid groups (broad SMARTS) is 2. The van der Waals surface area contributed by atoms with Crippen molar-refractivity contribution in [3.05, 3.63) is 85.7 Å². The smallest absolute Gasteiger partial charge is 0.335 e. The second-order valence-electron chi connectivity index (χ2n) is 13.1. The highest BCUT2D eigenvalue weighted by molar-refractivity contribution is 6.37. The first-order valence-corrected chi connectivity index (χ1v) is 14.8. The molecule has 8 nitrogen and oxygen atoms in total. The molecule has 0 radical (unpaired) electrons. The fraction of sp³-hybridized carbons (Fsp3) is 0.394. The highest BCUT2D eigenvalue weighted by atomic mass is 35.5. The van der Waals surface area contributed by atoms with Gasteiger partial charge in [-0.15, -0.1) is 0 Å². The van der Waals surface area contributed by atoms with Gasteiger partial charge in [-0.25, -0.2) is 4.79 Å². The molecule has 2 N–H and O–H groups in total. The maximum absolute atomic E-state index is 13.8. The summed E-state index contributed by atoms with van der Waals surface area (Å²) in [5.41, 5.74) is 2.76. The third kappa shape index (κ3) is 6.08. The summed E-state index contributed by atoms with van der Waals surface area (Å²) in [6.07, 6.45) is 1.48. The van der Waals surface area contributed by atoms with E-state index in [0.717, 1.165) is 0 Å². The van der Waals surface area contributed by atoms with Crippen molar-refractivity contribution in [1.29, 1.82) is 0 Å². The van der Waals surface area contributed by atoms with Gasteiger partial charge in [0.1, 0.15) is 13.2 Å². The molecule has 5 rings (SSSR count). The monoisotopic (exact) mass is 625 g/mol. The molecule has 0 amide bonds. The van der Waals surface area contributed by atoms with Crippen LogP contribution in [0.5, 0.6) is 5.75 Å². The van der Waals surface area contributed by atoms with E-state index in [4.69, 9.17) is 33.0 Å². The van der Waals surface area contributed by atoms with Crippen LogP contribution in [-0.2, 0) is 21.0 Å². The Hall–Kier alpha value is -3.62. The second-order valence-corrected chi connectivity index (χ2v) is 13.9. The van der Waals surface area contributed by atoms with Gasteiger partial charge in [-0.05, 0) is 59.1 Å². The van der Waals surface area contributed by atoms with Crippen LogP contribution in [0, 0.1) is 10.8 Å². The van der Waals surface area contributed by atoms with Crippen molar-refractivity contribution in [2.45, 2.75) is 65.9 Å². The van der Waals surface area contributed by atoms with Crippen LogP contribution < -0.4 is 4.74 Å². The molecule has 43 heavy (non-hydrogen) atoms. The molecule has 0 saturated heterocycles. The van der Waals surface area contributed by atoms with Gasteiger partial charge in [-0.3, -0.25) is 14.4 Å². The van der Waals surface area contributed by atoms with Crippen molar-refractivity contribution in [3.63, 3.8) is 0 Å². The molecule has 0 unspecified atom stereocenters. The van der Waals surface area contributed by atoms with E-state index in [1.165, 1.54) is 12.1 Å². The first-order chi connectivity index (χ1) is 20.1. The van der Waals surface area contributed by atoms with Crippen LogP contribution in [0.4, 0.5) is 0 Å². The Labute approximate surface area is 259 Å². The lowest BCUT2D eigenvalue weighted by molar-refractivity contribution is -0.138. The van der Waals surface area contributed by atoms with Crippen molar-refractivity contribution in [3.8, 4) is 5.75 Å². The summed E-state index contributed by atoms with van der Waals surface area (Å²) in [6.45, 7) is 7.67. The molecule has 2 aromatic rings. The second kappa shape index (κ2) is 11.1. The van der Waals surface area contributed by atoms with Crippen LogP contribution in [0.15, 0.2) is 58.9 Å². The molecular weight excluding hydrogens is 593 g/mol. The number of carbonyl (C=O) groups is 4. The Morgan fingerprint density at radius 2 is 1.35 bits per heavy atom. The number of benzene rings is 2. The summed E-state index contributed by atoms with van der Waals surface area (Å²) in [5, 5.41) is 19.4. The number of carboxylic acids is 2. The van der Waals surface area contributed by atoms with Crippen molar-refractivity contribution < 1.29 is 34.1 Å². The quantitative estimate of drug-likeness (QED) is 0.336. The number of ketones is 2. The van der Waals surface area contributed by atoms with Crippen molar-refractivity contribution in [2.75, 3.05) is 6.54 Å². The Morgan fingerprint density at radius 1 is 0.860 bits per heavy atom. The zero-order valence-corrected chi connectivity index (χ0v) is 25.9. The molecule has 2 aliphatic carbocycles. The average molecular weight is 627 g/mol. The number of aliphatic carboxylic acids is 1. The van der Waals surface area contributed by atoms with E-state index in [1.54, 1.807) is 29.2 Å². The Morgan fingerprint density at radius 3 is 1.79 bits per heavy atom. The number of Topliss-reactive ketones (excluding diaryl/α,β-unsaturated/α-hetero) is 2. The van der Waals surface area contributed by atoms with Gasteiger partial charge >= 0.3 is 11.9 Å². The van der Waals surface area contributed by atoms with E-state index in [0.29, 0.717) is 46.5 Å². The van der Waals surface area contributed by atoms with E-state index in [-0.39, 0.29) is 69.7 Å². The minimum absolute atomic E-state index is 0.0814. The number of hydrogen-bond acceptors (Lipinski definition) is 6. The highest BCUT2D eigenvalue weighted by Crippen LogP contribution is 2.55. The average Bonchev–Trinajstić information content (AvgIpc) is 2.87. The van der Waals surface area contributed by atoms with Gasteiger partial charge in [0, 0.05) is 41.3 Å². The predicted octanol–water partition coefficient (Wildman–Crippen LogP) is 7.04. The molecule has 226 valence electrons.